The maximum atomic E-state index is 9.26. The van der Waals surface area contributed by atoms with Gasteiger partial charge in [0.15, 0.2) is 0 Å². The maximum Gasteiger partial charge on any atom is 0.0609 e. The first-order valence-corrected chi connectivity index (χ1v) is 5.83. The molecule has 2 heteroatoms. The first-order chi connectivity index (χ1) is 7.45. The van der Waals surface area contributed by atoms with Gasteiger partial charge in [0, 0.05) is 12.1 Å². The largest absolute Gasteiger partial charge is 0.394 e. The lowest BCUT2D eigenvalue weighted by Gasteiger charge is -2.33. The third-order valence-corrected chi connectivity index (χ3v) is 3.28. The summed E-state index contributed by atoms with van der Waals surface area (Å²) in [6.45, 7) is 7.38. The lowest BCUT2D eigenvalue weighted by molar-refractivity contribution is 0.0801. The summed E-state index contributed by atoms with van der Waals surface area (Å²) in [6, 6.07) is 8.64. The van der Waals surface area contributed by atoms with Gasteiger partial charge in [-0.1, -0.05) is 29.8 Å². The van der Waals surface area contributed by atoms with Crippen molar-refractivity contribution in [3.05, 3.63) is 35.4 Å². The number of hydrogen-bond acceptors (Lipinski definition) is 2. The maximum absolute atomic E-state index is 9.26. The van der Waals surface area contributed by atoms with Crippen LogP contribution in [0.1, 0.15) is 25.0 Å². The number of aryl methyl sites for hydroxylation is 1. The van der Waals surface area contributed by atoms with Crippen molar-refractivity contribution >= 4 is 0 Å². The molecule has 0 amide bonds. The van der Waals surface area contributed by atoms with Crippen molar-refractivity contribution in [1.29, 1.82) is 0 Å². The van der Waals surface area contributed by atoms with Gasteiger partial charge in [0.2, 0.25) is 0 Å². The number of aliphatic hydroxyl groups is 1. The molecule has 1 N–H and O–H groups in total. The Kier molecular flexibility index (Phi) is 4.51. The van der Waals surface area contributed by atoms with Crippen LogP contribution in [-0.2, 0) is 6.42 Å². The minimum absolute atomic E-state index is 0.134. The molecule has 0 atom stereocenters. The van der Waals surface area contributed by atoms with Crippen LogP contribution in [0, 0.1) is 6.92 Å². The molecule has 0 aliphatic heterocycles. The molecule has 0 unspecified atom stereocenters. The van der Waals surface area contributed by atoms with Gasteiger partial charge >= 0.3 is 0 Å². The molecule has 2 nitrogen and oxygen atoms in total. The summed E-state index contributed by atoms with van der Waals surface area (Å²) in [5.41, 5.74) is 2.52. The van der Waals surface area contributed by atoms with Crippen molar-refractivity contribution in [2.45, 2.75) is 32.7 Å². The monoisotopic (exact) mass is 221 g/mol. The fourth-order valence-corrected chi connectivity index (χ4v) is 1.47. The molecular formula is C14H23NO. The van der Waals surface area contributed by atoms with E-state index in [1.54, 1.807) is 0 Å². The van der Waals surface area contributed by atoms with E-state index in [-0.39, 0.29) is 12.1 Å². The third-order valence-electron chi connectivity index (χ3n) is 3.28. The van der Waals surface area contributed by atoms with Crippen LogP contribution in [0.15, 0.2) is 24.3 Å². The van der Waals surface area contributed by atoms with E-state index in [4.69, 9.17) is 0 Å². The van der Waals surface area contributed by atoms with E-state index in [2.05, 4.69) is 57.0 Å². The summed E-state index contributed by atoms with van der Waals surface area (Å²) in [4.78, 5) is 2.20. The third kappa shape index (κ3) is 3.62. The molecule has 0 saturated carbocycles. The Labute approximate surface area is 98.9 Å². The van der Waals surface area contributed by atoms with E-state index in [9.17, 15) is 5.11 Å². The Morgan fingerprint density at radius 1 is 1.19 bits per heavy atom. The lowest BCUT2D eigenvalue weighted by Crippen LogP contribution is -2.45. The van der Waals surface area contributed by atoms with Crippen molar-refractivity contribution in [2.24, 2.45) is 0 Å². The zero-order valence-corrected chi connectivity index (χ0v) is 10.8. The lowest BCUT2D eigenvalue weighted by atomic mass is 10.0. The molecule has 0 saturated heterocycles. The van der Waals surface area contributed by atoms with Gasteiger partial charge < -0.3 is 5.11 Å². The molecule has 1 aromatic rings. The van der Waals surface area contributed by atoms with Gasteiger partial charge in [-0.3, -0.25) is 4.90 Å². The standard InChI is InChI=1S/C14H23NO/c1-12-5-7-13(8-6-12)9-10-15(4)14(2,3)11-16/h5-8,16H,9-11H2,1-4H3. The molecule has 16 heavy (non-hydrogen) atoms. The van der Waals surface area contributed by atoms with Crippen LogP contribution >= 0.6 is 0 Å². The predicted octanol–water partition coefficient (Wildman–Crippen LogP) is 2.24. The first kappa shape index (κ1) is 13.2. The summed E-state index contributed by atoms with van der Waals surface area (Å²) in [7, 11) is 2.06. The Morgan fingerprint density at radius 3 is 2.25 bits per heavy atom. The van der Waals surface area contributed by atoms with E-state index in [1.807, 2.05) is 0 Å². The Balaban J connectivity index is 2.49. The normalized spacial score (nSPS) is 12.1. The van der Waals surface area contributed by atoms with Crippen molar-refractivity contribution in [2.75, 3.05) is 20.2 Å². The quantitative estimate of drug-likeness (QED) is 0.824. The second-order valence-electron chi connectivity index (χ2n) is 5.13. The summed E-state index contributed by atoms with van der Waals surface area (Å²) in [5, 5.41) is 9.26. The smallest absolute Gasteiger partial charge is 0.0609 e. The van der Waals surface area contributed by atoms with E-state index in [1.165, 1.54) is 11.1 Å². The van der Waals surface area contributed by atoms with E-state index < -0.39 is 0 Å². The highest BCUT2D eigenvalue weighted by Gasteiger charge is 2.21. The Morgan fingerprint density at radius 2 is 1.75 bits per heavy atom. The first-order valence-electron chi connectivity index (χ1n) is 5.83. The van der Waals surface area contributed by atoms with Crippen molar-refractivity contribution in [1.82, 2.24) is 4.90 Å². The zero-order chi connectivity index (χ0) is 12.2. The molecule has 1 aromatic carbocycles. The van der Waals surface area contributed by atoms with Crippen molar-refractivity contribution < 1.29 is 5.11 Å². The van der Waals surface area contributed by atoms with Gasteiger partial charge in [-0.05, 0) is 39.8 Å². The highest BCUT2D eigenvalue weighted by atomic mass is 16.3. The number of hydrogen-bond donors (Lipinski definition) is 1. The second kappa shape index (κ2) is 5.46. The summed E-state index contributed by atoms with van der Waals surface area (Å²) in [5.74, 6) is 0. The Bertz CT molecular complexity index is 316. The highest BCUT2D eigenvalue weighted by molar-refractivity contribution is 5.21. The minimum atomic E-state index is -0.134. The summed E-state index contributed by atoms with van der Waals surface area (Å²) < 4.78 is 0. The molecule has 0 fully saturated rings. The van der Waals surface area contributed by atoms with Crippen LogP contribution in [0.2, 0.25) is 0 Å². The SMILES string of the molecule is Cc1ccc(CCN(C)C(C)(C)CO)cc1. The molecule has 90 valence electrons. The minimum Gasteiger partial charge on any atom is -0.394 e. The van der Waals surface area contributed by atoms with Crippen LogP contribution in [0.3, 0.4) is 0 Å². The van der Waals surface area contributed by atoms with Crippen LogP contribution in [0.25, 0.3) is 0 Å². The summed E-state index contributed by atoms with van der Waals surface area (Å²) in [6.07, 6.45) is 1.03. The van der Waals surface area contributed by atoms with Crippen LogP contribution in [0.5, 0.6) is 0 Å². The van der Waals surface area contributed by atoms with Gasteiger partial charge in [-0.15, -0.1) is 0 Å². The van der Waals surface area contributed by atoms with Crippen LogP contribution in [0.4, 0.5) is 0 Å². The predicted molar refractivity (Wildman–Crippen MR) is 68.7 cm³/mol. The Hall–Kier alpha value is -0.860. The highest BCUT2D eigenvalue weighted by Crippen LogP contribution is 2.12. The molecular weight excluding hydrogens is 198 g/mol. The average molecular weight is 221 g/mol. The van der Waals surface area contributed by atoms with E-state index >= 15 is 0 Å². The van der Waals surface area contributed by atoms with Gasteiger partial charge in [0.25, 0.3) is 0 Å². The van der Waals surface area contributed by atoms with Gasteiger partial charge in [-0.25, -0.2) is 0 Å². The van der Waals surface area contributed by atoms with E-state index in [0.29, 0.717) is 0 Å². The molecule has 0 heterocycles. The van der Waals surface area contributed by atoms with Gasteiger partial charge in [-0.2, -0.15) is 0 Å². The molecule has 0 spiro atoms. The molecule has 0 bridgehead atoms. The molecule has 1 rings (SSSR count). The average Bonchev–Trinajstić information content (AvgIpc) is 2.28. The van der Waals surface area contributed by atoms with Gasteiger partial charge in [0.1, 0.15) is 0 Å². The fraction of sp³-hybridized carbons (Fsp3) is 0.571. The number of benzene rings is 1. The van der Waals surface area contributed by atoms with Crippen LogP contribution in [-0.4, -0.2) is 35.7 Å². The number of likely N-dealkylation sites (N-methyl/N-ethyl adjacent to an activating group) is 1. The van der Waals surface area contributed by atoms with Crippen molar-refractivity contribution in [3.8, 4) is 0 Å². The topological polar surface area (TPSA) is 23.5 Å². The molecule has 0 aliphatic carbocycles. The van der Waals surface area contributed by atoms with E-state index in [0.717, 1.165) is 13.0 Å². The number of nitrogens with zero attached hydrogens (tertiary/aromatic N) is 1. The second-order valence-corrected chi connectivity index (χ2v) is 5.13. The number of aliphatic hydroxyl groups excluding tert-OH is 1. The van der Waals surface area contributed by atoms with Crippen LogP contribution < -0.4 is 0 Å². The molecule has 0 radical (unpaired) electrons. The number of rotatable bonds is 5. The van der Waals surface area contributed by atoms with Gasteiger partial charge in [0.05, 0.1) is 6.61 Å². The molecule has 0 aromatic heterocycles. The fourth-order valence-electron chi connectivity index (χ4n) is 1.47. The summed E-state index contributed by atoms with van der Waals surface area (Å²) >= 11 is 0. The van der Waals surface area contributed by atoms with Crippen molar-refractivity contribution in [3.63, 3.8) is 0 Å². The zero-order valence-electron chi connectivity index (χ0n) is 10.8. The molecule has 0 aliphatic rings.